The van der Waals surface area contributed by atoms with Gasteiger partial charge in [-0.2, -0.15) is 0 Å². The molecule has 0 amide bonds. The minimum atomic E-state index is -0.256. The summed E-state index contributed by atoms with van der Waals surface area (Å²) < 4.78 is 5.52. The van der Waals surface area contributed by atoms with Crippen LogP contribution < -0.4 is 0 Å². The second kappa shape index (κ2) is 8.08. The number of carbonyl (C=O) groups is 1. The van der Waals surface area contributed by atoms with E-state index in [9.17, 15) is 4.79 Å². The zero-order valence-electron chi connectivity index (χ0n) is 13.4. The summed E-state index contributed by atoms with van der Waals surface area (Å²) in [5.74, 6) is -0.00757. The van der Waals surface area contributed by atoms with Gasteiger partial charge in [0.05, 0.1) is 5.69 Å². The number of aryl methyl sites for hydroxylation is 1. The molecule has 22 heavy (non-hydrogen) atoms. The van der Waals surface area contributed by atoms with Crippen molar-refractivity contribution in [2.24, 2.45) is 5.92 Å². The highest BCUT2D eigenvalue weighted by atomic mass is 32.1. The van der Waals surface area contributed by atoms with E-state index in [4.69, 9.17) is 4.74 Å². The number of nitrogens with zero attached hydrogens (tertiary/aromatic N) is 1. The number of ether oxygens (including phenoxy) is 1. The third-order valence-electron chi connectivity index (χ3n) is 3.45. The van der Waals surface area contributed by atoms with Crippen molar-refractivity contribution in [2.75, 3.05) is 0 Å². The van der Waals surface area contributed by atoms with Crippen LogP contribution in [0.15, 0.2) is 35.7 Å². The first kappa shape index (κ1) is 16.7. The normalized spacial score (nSPS) is 12.4. The lowest BCUT2D eigenvalue weighted by Gasteiger charge is -2.16. The molecule has 0 aliphatic heterocycles. The van der Waals surface area contributed by atoms with E-state index in [1.807, 2.05) is 35.7 Å². The van der Waals surface area contributed by atoms with Crippen LogP contribution in [-0.4, -0.2) is 11.0 Å². The molecule has 0 bridgehead atoms. The quantitative estimate of drug-likeness (QED) is 0.702. The Morgan fingerprint density at radius 2 is 2.00 bits per heavy atom. The number of carbonyl (C=O) groups excluding carboxylic acids is 1. The topological polar surface area (TPSA) is 39.2 Å². The standard InChI is InChI=1S/C18H23NO2S/c1-4-15-12-22-17(19-15)16(10-13(2)3)18(20)21-11-14-8-6-5-7-9-14/h5-9,12-13,16H,4,10-11H2,1-3H3. The largest absolute Gasteiger partial charge is 0.460 e. The maximum atomic E-state index is 12.5. The lowest BCUT2D eigenvalue weighted by molar-refractivity contribution is -0.147. The summed E-state index contributed by atoms with van der Waals surface area (Å²) in [4.78, 5) is 17.1. The predicted molar refractivity (Wildman–Crippen MR) is 89.9 cm³/mol. The van der Waals surface area contributed by atoms with Gasteiger partial charge in [0.1, 0.15) is 17.5 Å². The fourth-order valence-electron chi connectivity index (χ4n) is 2.24. The van der Waals surface area contributed by atoms with Crippen LogP contribution in [0.2, 0.25) is 0 Å². The second-order valence-corrected chi connectivity index (χ2v) is 6.70. The Balaban J connectivity index is 2.05. The summed E-state index contributed by atoms with van der Waals surface area (Å²) in [5, 5.41) is 2.91. The summed E-state index contributed by atoms with van der Waals surface area (Å²) in [6.07, 6.45) is 1.66. The summed E-state index contributed by atoms with van der Waals surface area (Å²) >= 11 is 1.56. The smallest absolute Gasteiger partial charge is 0.316 e. The fraction of sp³-hybridized carbons (Fsp3) is 0.444. The number of rotatable bonds is 7. The van der Waals surface area contributed by atoms with Gasteiger partial charge in [-0.15, -0.1) is 11.3 Å². The zero-order valence-corrected chi connectivity index (χ0v) is 14.2. The Bertz CT molecular complexity index is 592. The summed E-state index contributed by atoms with van der Waals surface area (Å²) in [5.41, 5.74) is 2.05. The van der Waals surface area contributed by atoms with Gasteiger partial charge in [0.2, 0.25) is 0 Å². The molecule has 2 rings (SSSR count). The molecule has 1 aromatic carbocycles. The van der Waals surface area contributed by atoms with Gasteiger partial charge in [-0.1, -0.05) is 51.1 Å². The van der Waals surface area contributed by atoms with Crippen molar-refractivity contribution >= 4 is 17.3 Å². The van der Waals surface area contributed by atoms with E-state index in [2.05, 4.69) is 25.8 Å². The molecule has 1 heterocycles. The number of aromatic nitrogens is 1. The number of thiazole rings is 1. The van der Waals surface area contributed by atoms with E-state index < -0.39 is 0 Å². The molecule has 3 nitrogen and oxygen atoms in total. The third kappa shape index (κ3) is 4.67. The van der Waals surface area contributed by atoms with Crippen LogP contribution >= 0.6 is 11.3 Å². The van der Waals surface area contributed by atoms with Crippen molar-refractivity contribution in [2.45, 2.75) is 46.1 Å². The molecule has 118 valence electrons. The molecular weight excluding hydrogens is 294 g/mol. The van der Waals surface area contributed by atoms with Gasteiger partial charge in [0, 0.05) is 5.38 Å². The summed E-state index contributed by atoms with van der Waals surface area (Å²) in [6, 6.07) is 9.77. The summed E-state index contributed by atoms with van der Waals surface area (Å²) in [6.45, 7) is 6.63. The molecule has 0 radical (unpaired) electrons. The molecule has 0 saturated carbocycles. The van der Waals surface area contributed by atoms with Crippen LogP contribution in [0.4, 0.5) is 0 Å². The molecule has 4 heteroatoms. The molecular formula is C18H23NO2S. The average molecular weight is 317 g/mol. The third-order valence-corrected chi connectivity index (χ3v) is 4.45. The van der Waals surface area contributed by atoms with Crippen molar-refractivity contribution in [1.29, 1.82) is 0 Å². The van der Waals surface area contributed by atoms with Crippen LogP contribution in [0.1, 0.15) is 49.4 Å². The van der Waals surface area contributed by atoms with E-state index >= 15 is 0 Å². The average Bonchev–Trinajstić information content (AvgIpc) is 3.00. The highest BCUT2D eigenvalue weighted by molar-refractivity contribution is 7.09. The predicted octanol–water partition coefficient (Wildman–Crippen LogP) is 4.58. The van der Waals surface area contributed by atoms with Gasteiger partial charge in [0.25, 0.3) is 0 Å². The van der Waals surface area contributed by atoms with Crippen LogP contribution in [0.5, 0.6) is 0 Å². The van der Waals surface area contributed by atoms with Gasteiger partial charge >= 0.3 is 5.97 Å². The number of hydrogen-bond donors (Lipinski definition) is 0. The lowest BCUT2D eigenvalue weighted by Crippen LogP contribution is -2.18. The number of hydrogen-bond acceptors (Lipinski definition) is 4. The Labute approximate surface area is 136 Å². The first-order valence-electron chi connectivity index (χ1n) is 7.75. The van der Waals surface area contributed by atoms with Gasteiger partial charge < -0.3 is 4.74 Å². The van der Waals surface area contributed by atoms with Crippen molar-refractivity contribution < 1.29 is 9.53 Å². The van der Waals surface area contributed by atoms with E-state index in [1.54, 1.807) is 11.3 Å². The van der Waals surface area contributed by atoms with Crippen molar-refractivity contribution in [3.8, 4) is 0 Å². The van der Waals surface area contributed by atoms with Crippen molar-refractivity contribution in [3.63, 3.8) is 0 Å². The van der Waals surface area contributed by atoms with Crippen LogP contribution in [0.25, 0.3) is 0 Å². The Morgan fingerprint density at radius 1 is 1.27 bits per heavy atom. The van der Waals surface area contributed by atoms with Crippen molar-refractivity contribution in [3.05, 3.63) is 52.0 Å². The number of benzene rings is 1. The van der Waals surface area contributed by atoms with Crippen LogP contribution in [-0.2, 0) is 22.6 Å². The minimum absolute atomic E-state index is 0.172. The van der Waals surface area contributed by atoms with Crippen LogP contribution in [0.3, 0.4) is 0 Å². The first-order chi connectivity index (χ1) is 10.6. The summed E-state index contributed by atoms with van der Waals surface area (Å²) in [7, 11) is 0. The lowest BCUT2D eigenvalue weighted by atomic mass is 9.98. The van der Waals surface area contributed by atoms with Crippen molar-refractivity contribution in [1.82, 2.24) is 4.98 Å². The Kier molecular flexibility index (Phi) is 6.13. The van der Waals surface area contributed by atoms with E-state index in [0.29, 0.717) is 12.5 Å². The molecule has 0 aliphatic rings. The minimum Gasteiger partial charge on any atom is -0.460 e. The number of esters is 1. The second-order valence-electron chi connectivity index (χ2n) is 5.81. The molecule has 0 N–H and O–H groups in total. The highest BCUT2D eigenvalue weighted by Gasteiger charge is 2.26. The van der Waals surface area contributed by atoms with Gasteiger partial charge in [-0.25, -0.2) is 4.98 Å². The van der Waals surface area contributed by atoms with Crippen LogP contribution in [0, 0.1) is 5.92 Å². The highest BCUT2D eigenvalue weighted by Crippen LogP contribution is 2.28. The van der Waals surface area contributed by atoms with E-state index in [-0.39, 0.29) is 11.9 Å². The molecule has 1 aromatic heterocycles. The SMILES string of the molecule is CCc1csc(C(CC(C)C)C(=O)OCc2ccccc2)n1. The maximum Gasteiger partial charge on any atom is 0.316 e. The molecule has 0 saturated heterocycles. The first-order valence-corrected chi connectivity index (χ1v) is 8.63. The zero-order chi connectivity index (χ0) is 15.9. The molecule has 0 fully saturated rings. The molecule has 1 atom stereocenters. The van der Waals surface area contributed by atoms with E-state index in [1.165, 1.54) is 0 Å². The molecule has 1 unspecified atom stereocenters. The Morgan fingerprint density at radius 3 is 2.59 bits per heavy atom. The molecule has 2 aromatic rings. The maximum absolute atomic E-state index is 12.5. The fourth-order valence-corrected chi connectivity index (χ4v) is 3.25. The monoisotopic (exact) mass is 317 g/mol. The Hall–Kier alpha value is -1.68. The molecule has 0 spiro atoms. The molecule has 0 aliphatic carbocycles. The van der Waals surface area contributed by atoms with E-state index in [0.717, 1.165) is 29.1 Å². The van der Waals surface area contributed by atoms with Gasteiger partial charge in [0.15, 0.2) is 0 Å². The van der Waals surface area contributed by atoms with Gasteiger partial charge in [-0.3, -0.25) is 4.79 Å². The van der Waals surface area contributed by atoms with Gasteiger partial charge in [-0.05, 0) is 24.3 Å².